The highest BCUT2D eigenvalue weighted by Crippen LogP contribution is 2.29. The molecule has 0 aromatic heterocycles. The van der Waals surface area contributed by atoms with E-state index in [1.54, 1.807) is 13.0 Å². The normalized spacial score (nSPS) is 15.8. The molecule has 1 atom stereocenters. The van der Waals surface area contributed by atoms with E-state index >= 15 is 0 Å². The first kappa shape index (κ1) is 15.7. The van der Waals surface area contributed by atoms with Crippen LogP contribution in [0.3, 0.4) is 0 Å². The first-order valence-corrected chi connectivity index (χ1v) is 7.63. The highest BCUT2D eigenvalue weighted by Gasteiger charge is 2.24. The molecule has 1 aromatic carbocycles. The van der Waals surface area contributed by atoms with E-state index in [4.69, 9.17) is 5.73 Å². The maximum absolute atomic E-state index is 12.3. The number of carbonyl (C=O) groups is 2. The monoisotopic (exact) mass is 288 g/mol. The molecule has 0 saturated heterocycles. The van der Waals surface area contributed by atoms with E-state index in [1.165, 1.54) is 0 Å². The molecule has 2 N–H and O–H groups in total. The maximum atomic E-state index is 12.3. The summed E-state index contributed by atoms with van der Waals surface area (Å²) in [5.74, 6) is 0.461. The predicted octanol–water partition coefficient (Wildman–Crippen LogP) is 2.54. The van der Waals surface area contributed by atoms with E-state index in [9.17, 15) is 9.59 Å². The van der Waals surface area contributed by atoms with E-state index in [2.05, 4.69) is 0 Å². The molecule has 0 radical (unpaired) electrons. The van der Waals surface area contributed by atoms with Crippen molar-refractivity contribution in [1.29, 1.82) is 0 Å². The Bertz CT molecular complexity index is 550. The molecule has 1 heterocycles. The Morgan fingerprint density at radius 2 is 2.00 bits per heavy atom. The molecule has 0 fully saturated rings. The quantitative estimate of drug-likeness (QED) is 0.866. The molecule has 0 bridgehead atoms. The summed E-state index contributed by atoms with van der Waals surface area (Å²) in [4.78, 5) is 26.2. The molecule has 1 unspecified atom stereocenters. The minimum absolute atomic E-state index is 0.0524. The van der Waals surface area contributed by atoms with Crippen LogP contribution in [0.1, 0.15) is 49.5 Å². The summed E-state index contributed by atoms with van der Waals surface area (Å²) < 4.78 is 0. The molecule has 0 aliphatic carbocycles. The molecular formula is C17H24N2O2. The number of aryl methyl sites for hydroxylation is 1. The minimum atomic E-state index is -0.495. The number of benzene rings is 1. The highest BCUT2D eigenvalue weighted by molar-refractivity contribution is 6.01. The van der Waals surface area contributed by atoms with E-state index in [1.807, 2.05) is 30.9 Å². The second-order valence-electron chi connectivity index (χ2n) is 6.24. The molecular weight excluding hydrogens is 264 g/mol. The Morgan fingerprint density at radius 3 is 2.62 bits per heavy atom. The number of hydrogen-bond donors (Lipinski definition) is 1. The number of Topliss-reactive ketones (excluding diaryl/α,β-unsaturated/α-hetero) is 1. The summed E-state index contributed by atoms with van der Waals surface area (Å²) in [6, 6.07) is 5.08. The van der Waals surface area contributed by atoms with E-state index in [-0.39, 0.29) is 11.7 Å². The van der Waals surface area contributed by atoms with Crippen LogP contribution in [0, 0.1) is 5.92 Å². The standard InChI is InChI=1S/C17H24N2O2/c1-11(2)9-16(20)19-8-4-5-13-10-14(6-7-15(13)19)17(21)12(3)18/h6-7,10-12H,4-5,8-9,18H2,1-3H3. The molecule has 4 heteroatoms. The molecule has 0 spiro atoms. The number of rotatable bonds is 4. The van der Waals surface area contributed by atoms with Crippen molar-refractivity contribution in [3.8, 4) is 0 Å². The van der Waals surface area contributed by atoms with Gasteiger partial charge in [0.25, 0.3) is 0 Å². The number of amides is 1. The largest absolute Gasteiger partial charge is 0.321 e. The number of nitrogens with two attached hydrogens (primary N) is 1. The van der Waals surface area contributed by atoms with Gasteiger partial charge in [-0.1, -0.05) is 13.8 Å². The van der Waals surface area contributed by atoms with Crippen molar-refractivity contribution in [2.75, 3.05) is 11.4 Å². The van der Waals surface area contributed by atoms with Gasteiger partial charge in [0.05, 0.1) is 6.04 Å². The number of hydrogen-bond acceptors (Lipinski definition) is 3. The third-order valence-corrected chi connectivity index (χ3v) is 3.78. The lowest BCUT2D eigenvalue weighted by atomic mass is 9.95. The van der Waals surface area contributed by atoms with Crippen LogP contribution in [0.4, 0.5) is 5.69 Å². The molecule has 2 rings (SSSR count). The number of fused-ring (bicyclic) bond motifs is 1. The fraction of sp³-hybridized carbons (Fsp3) is 0.529. The van der Waals surface area contributed by atoms with Crippen LogP contribution in [0.2, 0.25) is 0 Å². The number of nitrogens with zero attached hydrogens (tertiary/aromatic N) is 1. The SMILES string of the molecule is CC(C)CC(=O)N1CCCc2cc(C(=O)C(C)N)ccc21. The summed E-state index contributed by atoms with van der Waals surface area (Å²) in [6.07, 6.45) is 2.40. The van der Waals surface area contributed by atoms with Crippen LogP contribution in [0.15, 0.2) is 18.2 Å². The van der Waals surface area contributed by atoms with Gasteiger partial charge >= 0.3 is 0 Å². The molecule has 0 saturated carbocycles. The van der Waals surface area contributed by atoms with Gasteiger partial charge in [-0.2, -0.15) is 0 Å². The van der Waals surface area contributed by atoms with Gasteiger partial charge in [-0.05, 0) is 49.4 Å². The molecule has 4 nitrogen and oxygen atoms in total. The lowest BCUT2D eigenvalue weighted by Crippen LogP contribution is -2.36. The van der Waals surface area contributed by atoms with Crippen molar-refractivity contribution >= 4 is 17.4 Å². The van der Waals surface area contributed by atoms with Gasteiger partial charge in [0, 0.05) is 24.2 Å². The fourth-order valence-corrected chi connectivity index (χ4v) is 2.73. The van der Waals surface area contributed by atoms with Crippen LogP contribution in [0.25, 0.3) is 0 Å². The third kappa shape index (κ3) is 3.50. The zero-order chi connectivity index (χ0) is 15.6. The molecule has 21 heavy (non-hydrogen) atoms. The Labute approximate surface area is 126 Å². The van der Waals surface area contributed by atoms with Crippen LogP contribution in [0.5, 0.6) is 0 Å². The van der Waals surface area contributed by atoms with Crippen molar-refractivity contribution in [2.24, 2.45) is 11.7 Å². The van der Waals surface area contributed by atoms with Crippen molar-refractivity contribution in [1.82, 2.24) is 0 Å². The highest BCUT2D eigenvalue weighted by atomic mass is 16.2. The molecule has 1 aromatic rings. The van der Waals surface area contributed by atoms with Gasteiger partial charge in [-0.15, -0.1) is 0 Å². The second-order valence-corrected chi connectivity index (χ2v) is 6.24. The van der Waals surface area contributed by atoms with Gasteiger partial charge in [0.2, 0.25) is 5.91 Å². The minimum Gasteiger partial charge on any atom is -0.321 e. The summed E-state index contributed by atoms with van der Waals surface area (Å²) in [5.41, 5.74) is 8.33. The van der Waals surface area contributed by atoms with Crippen molar-refractivity contribution < 1.29 is 9.59 Å². The summed E-state index contributed by atoms with van der Waals surface area (Å²) >= 11 is 0. The van der Waals surface area contributed by atoms with Crippen LogP contribution in [-0.4, -0.2) is 24.3 Å². The van der Waals surface area contributed by atoms with Crippen LogP contribution >= 0.6 is 0 Å². The molecule has 1 aliphatic heterocycles. The first-order chi connectivity index (χ1) is 9.90. The Kier molecular flexibility index (Phi) is 4.78. The third-order valence-electron chi connectivity index (χ3n) is 3.78. The van der Waals surface area contributed by atoms with Crippen molar-refractivity contribution in [3.05, 3.63) is 29.3 Å². The average Bonchev–Trinajstić information content (AvgIpc) is 2.44. The smallest absolute Gasteiger partial charge is 0.227 e. The van der Waals surface area contributed by atoms with Gasteiger partial charge in [0.15, 0.2) is 5.78 Å². The summed E-state index contributed by atoms with van der Waals surface area (Å²) in [5, 5.41) is 0. The lowest BCUT2D eigenvalue weighted by Gasteiger charge is -2.30. The van der Waals surface area contributed by atoms with Crippen molar-refractivity contribution in [3.63, 3.8) is 0 Å². The van der Waals surface area contributed by atoms with Gasteiger partial charge in [0.1, 0.15) is 0 Å². The van der Waals surface area contributed by atoms with Crippen molar-refractivity contribution in [2.45, 2.75) is 46.1 Å². The maximum Gasteiger partial charge on any atom is 0.227 e. The average molecular weight is 288 g/mol. The molecule has 114 valence electrons. The Hall–Kier alpha value is -1.68. The topological polar surface area (TPSA) is 63.4 Å². The first-order valence-electron chi connectivity index (χ1n) is 7.63. The summed E-state index contributed by atoms with van der Waals surface area (Å²) in [7, 11) is 0. The van der Waals surface area contributed by atoms with Crippen LogP contribution in [-0.2, 0) is 11.2 Å². The van der Waals surface area contributed by atoms with Gasteiger partial charge in [-0.25, -0.2) is 0 Å². The predicted molar refractivity (Wildman–Crippen MR) is 84.6 cm³/mol. The number of ketones is 1. The lowest BCUT2D eigenvalue weighted by molar-refractivity contribution is -0.119. The molecule has 1 amide bonds. The van der Waals surface area contributed by atoms with Gasteiger partial charge in [-0.3, -0.25) is 9.59 Å². The zero-order valence-electron chi connectivity index (χ0n) is 13.1. The summed E-state index contributed by atoms with van der Waals surface area (Å²) in [6.45, 7) is 6.56. The number of carbonyl (C=O) groups excluding carboxylic acids is 2. The van der Waals surface area contributed by atoms with E-state index < -0.39 is 6.04 Å². The van der Waals surface area contributed by atoms with Gasteiger partial charge < -0.3 is 10.6 Å². The van der Waals surface area contributed by atoms with Crippen LogP contribution < -0.4 is 10.6 Å². The zero-order valence-corrected chi connectivity index (χ0v) is 13.1. The van der Waals surface area contributed by atoms with E-state index in [0.29, 0.717) is 17.9 Å². The Balaban J connectivity index is 2.28. The number of anilines is 1. The Morgan fingerprint density at radius 1 is 1.29 bits per heavy atom. The fourth-order valence-electron chi connectivity index (χ4n) is 2.73. The van der Waals surface area contributed by atoms with E-state index in [0.717, 1.165) is 30.6 Å². The second kappa shape index (κ2) is 6.39. The molecule has 1 aliphatic rings.